The average molecular weight is 306 g/mol. The summed E-state index contributed by atoms with van der Waals surface area (Å²) < 4.78 is 11.1. The smallest absolute Gasteiger partial charge is 0.163 e. The molecule has 23 heavy (non-hydrogen) atoms. The molecule has 0 aliphatic heterocycles. The van der Waals surface area contributed by atoms with Crippen LogP contribution in [-0.4, -0.2) is 12.9 Å². The Bertz CT molecular complexity index is 847. The molecule has 3 nitrogen and oxygen atoms in total. The average Bonchev–Trinajstić information content (AvgIpc) is 2.59. The van der Waals surface area contributed by atoms with Crippen molar-refractivity contribution in [3.8, 4) is 11.5 Å². The molecule has 3 aromatic rings. The van der Waals surface area contributed by atoms with Gasteiger partial charge in [-0.15, -0.1) is 0 Å². The van der Waals surface area contributed by atoms with Crippen molar-refractivity contribution < 1.29 is 14.3 Å². The highest BCUT2D eigenvalue weighted by Gasteiger charge is 2.11. The van der Waals surface area contributed by atoms with Crippen LogP contribution in [0.25, 0.3) is 10.8 Å². The number of benzene rings is 3. The van der Waals surface area contributed by atoms with Gasteiger partial charge in [0.2, 0.25) is 0 Å². The van der Waals surface area contributed by atoms with Crippen LogP contribution in [0.4, 0.5) is 0 Å². The molecule has 3 rings (SSSR count). The van der Waals surface area contributed by atoms with Gasteiger partial charge in [-0.05, 0) is 41.5 Å². The molecule has 0 atom stereocenters. The number of carbonyl (C=O) groups is 1. The summed E-state index contributed by atoms with van der Waals surface area (Å²) in [5.41, 5.74) is 1.62. The normalized spacial score (nSPS) is 10.5. The Morgan fingerprint density at radius 1 is 1.00 bits per heavy atom. The summed E-state index contributed by atoms with van der Waals surface area (Å²) in [6, 6.07) is 19.6. The van der Waals surface area contributed by atoms with Crippen molar-refractivity contribution in [1.29, 1.82) is 0 Å². The van der Waals surface area contributed by atoms with Crippen LogP contribution in [0.15, 0.2) is 60.7 Å². The number of hydrogen-bond acceptors (Lipinski definition) is 3. The van der Waals surface area contributed by atoms with E-state index < -0.39 is 0 Å². The molecule has 0 fully saturated rings. The molecule has 0 amide bonds. The summed E-state index contributed by atoms with van der Waals surface area (Å²) in [5.74, 6) is 1.18. The summed E-state index contributed by atoms with van der Waals surface area (Å²) in [6.07, 6.45) is 0. The fourth-order valence-electron chi connectivity index (χ4n) is 2.61. The SMILES string of the molecule is COc1ccc(OCc2cccc3ccccc23)c(C(C)=O)c1. The molecule has 3 heteroatoms. The number of ketones is 1. The molecule has 0 spiro atoms. The highest BCUT2D eigenvalue weighted by Crippen LogP contribution is 2.26. The standard InChI is InChI=1S/C20H18O3/c1-14(21)19-12-17(22-2)10-11-20(19)23-13-16-8-5-7-15-6-3-4-9-18(15)16/h3-12H,13H2,1-2H3. The second-order valence-corrected chi connectivity index (χ2v) is 5.35. The highest BCUT2D eigenvalue weighted by atomic mass is 16.5. The predicted molar refractivity (Wildman–Crippen MR) is 91.3 cm³/mol. The van der Waals surface area contributed by atoms with E-state index in [9.17, 15) is 4.79 Å². The highest BCUT2D eigenvalue weighted by molar-refractivity contribution is 5.97. The minimum atomic E-state index is -0.0446. The van der Waals surface area contributed by atoms with Crippen molar-refractivity contribution in [2.45, 2.75) is 13.5 Å². The van der Waals surface area contributed by atoms with Gasteiger partial charge < -0.3 is 9.47 Å². The van der Waals surface area contributed by atoms with Crippen LogP contribution in [0.2, 0.25) is 0 Å². The van der Waals surface area contributed by atoms with Crippen molar-refractivity contribution in [1.82, 2.24) is 0 Å². The van der Waals surface area contributed by atoms with Crippen LogP contribution in [0.1, 0.15) is 22.8 Å². The topological polar surface area (TPSA) is 35.5 Å². The monoisotopic (exact) mass is 306 g/mol. The number of rotatable bonds is 5. The Balaban J connectivity index is 1.89. The Morgan fingerprint density at radius 3 is 2.57 bits per heavy atom. The van der Waals surface area contributed by atoms with Gasteiger partial charge in [0.15, 0.2) is 5.78 Å². The number of ether oxygens (including phenoxy) is 2. The lowest BCUT2D eigenvalue weighted by atomic mass is 10.1. The zero-order chi connectivity index (χ0) is 16.2. The lowest BCUT2D eigenvalue weighted by Crippen LogP contribution is -2.02. The summed E-state index contributed by atoms with van der Waals surface area (Å²) in [4.78, 5) is 11.8. The van der Waals surface area contributed by atoms with Crippen LogP contribution in [0, 0.1) is 0 Å². The molecule has 0 aliphatic carbocycles. The summed E-state index contributed by atoms with van der Waals surface area (Å²) in [7, 11) is 1.58. The van der Waals surface area contributed by atoms with Crippen molar-refractivity contribution in [3.63, 3.8) is 0 Å². The van der Waals surface area contributed by atoms with Gasteiger partial charge in [0.05, 0.1) is 12.7 Å². The minimum absolute atomic E-state index is 0.0446. The van der Waals surface area contributed by atoms with Crippen molar-refractivity contribution in [3.05, 3.63) is 71.8 Å². The van der Waals surface area contributed by atoms with Crippen LogP contribution < -0.4 is 9.47 Å². The molecule has 0 unspecified atom stereocenters. The number of methoxy groups -OCH3 is 1. The van der Waals surface area contributed by atoms with Crippen LogP contribution in [0.5, 0.6) is 11.5 Å². The first-order valence-electron chi connectivity index (χ1n) is 7.47. The maximum Gasteiger partial charge on any atom is 0.163 e. The largest absolute Gasteiger partial charge is 0.497 e. The van der Waals surface area contributed by atoms with Crippen LogP contribution >= 0.6 is 0 Å². The van der Waals surface area contributed by atoms with Gasteiger partial charge in [-0.25, -0.2) is 0 Å². The third kappa shape index (κ3) is 3.19. The summed E-state index contributed by atoms with van der Waals surface area (Å²) in [6.45, 7) is 1.94. The minimum Gasteiger partial charge on any atom is -0.497 e. The second kappa shape index (κ2) is 6.53. The van der Waals surface area contributed by atoms with E-state index in [1.165, 1.54) is 12.3 Å². The number of Topliss-reactive ketones (excluding diaryl/α,β-unsaturated/α-hetero) is 1. The molecule has 0 bridgehead atoms. The van der Waals surface area contributed by atoms with E-state index in [0.29, 0.717) is 23.7 Å². The third-order valence-electron chi connectivity index (χ3n) is 3.83. The number of fused-ring (bicyclic) bond motifs is 1. The first-order valence-corrected chi connectivity index (χ1v) is 7.47. The number of hydrogen-bond donors (Lipinski definition) is 0. The summed E-state index contributed by atoms with van der Waals surface area (Å²) >= 11 is 0. The molecule has 0 aliphatic rings. The van der Waals surface area contributed by atoms with Crippen LogP contribution in [0.3, 0.4) is 0 Å². The molecule has 0 N–H and O–H groups in total. The van der Waals surface area contributed by atoms with E-state index in [-0.39, 0.29) is 5.78 Å². The molecule has 0 aromatic heterocycles. The molecule has 0 saturated heterocycles. The third-order valence-corrected chi connectivity index (χ3v) is 3.83. The van der Waals surface area contributed by atoms with E-state index in [4.69, 9.17) is 9.47 Å². The maximum atomic E-state index is 11.8. The van der Waals surface area contributed by atoms with Crippen molar-refractivity contribution in [2.24, 2.45) is 0 Å². The van der Waals surface area contributed by atoms with Gasteiger partial charge in [0.1, 0.15) is 18.1 Å². The predicted octanol–water partition coefficient (Wildman–Crippen LogP) is 4.63. The maximum absolute atomic E-state index is 11.8. The zero-order valence-electron chi connectivity index (χ0n) is 13.2. The Kier molecular flexibility index (Phi) is 4.29. The van der Waals surface area contributed by atoms with E-state index in [1.54, 1.807) is 25.3 Å². The van der Waals surface area contributed by atoms with Gasteiger partial charge in [0.25, 0.3) is 0 Å². The first-order chi connectivity index (χ1) is 11.2. The molecule has 0 saturated carbocycles. The van der Waals surface area contributed by atoms with E-state index in [2.05, 4.69) is 18.2 Å². The molecule has 0 heterocycles. The molecular formula is C20H18O3. The van der Waals surface area contributed by atoms with Gasteiger partial charge in [0, 0.05) is 0 Å². The second-order valence-electron chi connectivity index (χ2n) is 5.35. The number of carbonyl (C=O) groups excluding carboxylic acids is 1. The Morgan fingerprint density at radius 2 is 1.78 bits per heavy atom. The Labute approximate surface area is 135 Å². The van der Waals surface area contributed by atoms with E-state index in [0.717, 1.165) is 10.9 Å². The lowest BCUT2D eigenvalue weighted by Gasteiger charge is -2.12. The zero-order valence-corrected chi connectivity index (χ0v) is 13.2. The Hall–Kier alpha value is -2.81. The van der Waals surface area contributed by atoms with E-state index >= 15 is 0 Å². The van der Waals surface area contributed by atoms with E-state index in [1.807, 2.05) is 24.3 Å². The van der Waals surface area contributed by atoms with Gasteiger partial charge in [-0.2, -0.15) is 0 Å². The summed E-state index contributed by atoms with van der Waals surface area (Å²) in [5, 5.41) is 2.34. The van der Waals surface area contributed by atoms with Crippen LogP contribution in [-0.2, 0) is 6.61 Å². The lowest BCUT2D eigenvalue weighted by molar-refractivity contribution is 0.101. The van der Waals surface area contributed by atoms with Crippen molar-refractivity contribution in [2.75, 3.05) is 7.11 Å². The fraction of sp³-hybridized carbons (Fsp3) is 0.150. The van der Waals surface area contributed by atoms with Crippen molar-refractivity contribution >= 4 is 16.6 Å². The van der Waals surface area contributed by atoms with Gasteiger partial charge in [-0.1, -0.05) is 42.5 Å². The molecule has 116 valence electrons. The quantitative estimate of drug-likeness (QED) is 0.645. The van der Waals surface area contributed by atoms with Gasteiger partial charge in [-0.3, -0.25) is 4.79 Å². The fourth-order valence-corrected chi connectivity index (χ4v) is 2.61. The van der Waals surface area contributed by atoms with Gasteiger partial charge >= 0.3 is 0 Å². The first kappa shape index (κ1) is 15.1. The molecule has 0 radical (unpaired) electrons. The molecule has 3 aromatic carbocycles. The molecular weight excluding hydrogens is 288 g/mol.